The van der Waals surface area contributed by atoms with Crippen molar-refractivity contribution in [2.24, 2.45) is 0 Å². The lowest BCUT2D eigenvalue weighted by molar-refractivity contribution is 0.0938. The summed E-state index contributed by atoms with van der Waals surface area (Å²) in [5.41, 5.74) is 0.920. The second-order valence-electron chi connectivity index (χ2n) is 3.81. The summed E-state index contributed by atoms with van der Waals surface area (Å²) in [4.78, 5) is 23.2. The Labute approximate surface area is 114 Å². The molecule has 1 aromatic carbocycles. The topological polar surface area (TPSA) is 58.2 Å². The average molecular weight is 271 g/mol. The minimum Gasteiger partial charge on any atom is -0.352 e. The predicted octanol–water partition coefficient (Wildman–Crippen LogP) is 1.65. The maximum Gasteiger partial charge on any atom is 0.252 e. The Bertz CT molecular complexity index is 408. The van der Waals surface area contributed by atoms with Crippen LogP contribution in [0, 0.1) is 0 Å². The Hall–Kier alpha value is -1.39. The van der Waals surface area contributed by atoms with Gasteiger partial charge in [-0.25, -0.2) is 0 Å². The Morgan fingerprint density at radius 2 is 1.72 bits per heavy atom. The number of carbonyl (C=O) groups excluding carboxylic acids is 2. The van der Waals surface area contributed by atoms with E-state index in [1.54, 1.807) is 24.3 Å². The van der Waals surface area contributed by atoms with Crippen LogP contribution in [0.25, 0.3) is 0 Å². The van der Waals surface area contributed by atoms with E-state index < -0.39 is 0 Å². The van der Waals surface area contributed by atoms with Crippen molar-refractivity contribution >= 4 is 24.1 Å². The maximum atomic E-state index is 11.8. The molecule has 0 bridgehead atoms. The van der Waals surface area contributed by atoms with E-state index in [-0.39, 0.29) is 24.1 Å². The van der Waals surface area contributed by atoms with Crippen LogP contribution >= 0.6 is 12.4 Å². The molecule has 0 fully saturated rings. The predicted molar refractivity (Wildman–Crippen MR) is 74.6 cm³/mol. The molecule has 0 aliphatic heterocycles. The van der Waals surface area contributed by atoms with Crippen LogP contribution < -0.4 is 10.6 Å². The van der Waals surface area contributed by atoms with E-state index >= 15 is 0 Å². The van der Waals surface area contributed by atoms with Gasteiger partial charge in [0.15, 0.2) is 5.78 Å². The van der Waals surface area contributed by atoms with Crippen LogP contribution in [0.2, 0.25) is 0 Å². The maximum absolute atomic E-state index is 11.8. The van der Waals surface area contributed by atoms with Crippen LogP contribution in [-0.2, 0) is 0 Å². The number of hydrogen-bond donors (Lipinski definition) is 2. The standard InChI is InChI=1S/C13H18N2O2.ClH/c1-10(16)11-6-3-4-7-12(11)13(17)15-9-5-8-14-2;/h3-4,6-7,14H,5,8-9H2,1-2H3,(H,15,17);1H. The highest BCUT2D eigenvalue weighted by Crippen LogP contribution is 2.09. The van der Waals surface area contributed by atoms with Crippen molar-refractivity contribution in [1.29, 1.82) is 0 Å². The van der Waals surface area contributed by atoms with Gasteiger partial charge < -0.3 is 10.6 Å². The van der Waals surface area contributed by atoms with Gasteiger partial charge in [0.25, 0.3) is 5.91 Å². The van der Waals surface area contributed by atoms with Gasteiger partial charge in [-0.1, -0.05) is 18.2 Å². The van der Waals surface area contributed by atoms with E-state index in [9.17, 15) is 9.59 Å². The number of carbonyl (C=O) groups is 2. The van der Waals surface area contributed by atoms with Crippen molar-refractivity contribution in [3.63, 3.8) is 0 Å². The molecular formula is C13H19ClN2O2. The summed E-state index contributed by atoms with van der Waals surface area (Å²) in [5, 5.41) is 5.80. The van der Waals surface area contributed by atoms with Gasteiger partial charge in [-0.15, -0.1) is 12.4 Å². The molecule has 1 rings (SSSR count). The van der Waals surface area contributed by atoms with Gasteiger partial charge in [0, 0.05) is 12.1 Å². The van der Waals surface area contributed by atoms with Crippen LogP contribution in [0.3, 0.4) is 0 Å². The molecule has 0 unspecified atom stereocenters. The number of ketones is 1. The minimum atomic E-state index is -0.188. The van der Waals surface area contributed by atoms with Gasteiger partial charge in [-0.2, -0.15) is 0 Å². The van der Waals surface area contributed by atoms with Crippen LogP contribution in [0.5, 0.6) is 0 Å². The number of nitrogens with one attached hydrogen (secondary N) is 2. The highest BCUT2D eigenvalue weighted by atomic mass is 35.5. The zero-order chi connectivity index (χ0) is 12.7. The highest BCUT2D eigenvalue weighted by Gasteiger charge is 2.12. The van der Waals surface area contributed by atoms with E-state index in [0.717, 1.165) is 13.0 Å². The molecule has 0 saturated heterocycles. The van der Waals surface area contributed by atoms with Gasteiger partial charge in [-0.3, -0.25) is 9.59 Å². The van der Waals surface area contributed by atoms with E-state index in [1.807, 2.05) is 7.05 Å². The average Bonchev–Trinajstić information content (AvgIpc) is 2.34. The second-order valence-corrected chi connectivity index (χ2v) is 3.81. The smallest absolute Gasteiger partial charge is 0.252 e. The van der Waals surface area contributed by atoms with Crippen molar-refractivity contribution in [2.75, 3.05) is 20.1 Å². The van der Waals surface area contributed by atoms with Gasteiger partial charge in [0.2, 0.25) is 0 Å². The zero-order valence-electron chi connectivity index (χ0n) is 10.7. The second kappa shape index (κ2) is 8.66. The minimum absolute atomic E-state index is 0. The van der Waals surface area contributed by atoms with Crippen LogP contribution in [0.4, 0.5) is 0 Å². The third kappa shape index (κ3) is 4.85. The Kier molecular flexibility index (Phi) is 8.00. The normalized spacial score (nSPS) is 9.44. The van der Waals surface area contributed by atoms with Gasteiger partial charge in [-0.05, 0) is 33.0 Å². The van der Waals surface area contributed by atoms with Crippen molar-refractivity contribution in [2.45, 2.75) is 13.3 Å². The van der Waals surface area contributed by atoms with Gasteiger partial charge >= 0.3 is 0 Å². The van der Waals surface area contributed by atoms with E-state index in [2.05, 4.69) is 10.6 Å². The van der Waals surface area contributed by atoms with E-state index in [1.165, 1.54) is 6.92 Å². The van der Waals surface area contributed by atoms with Crippen molar-refractivity contribution in [3.05, 3.63) is 35.4 Å². The molecule has 0 aliphatic rings. The first-order valence-corrected chi connectivity index (χ1v) is 5.69. The largest absolute Gasteiger partial charge is 0.352 e. The summed E-state index contributed by atoms with van der Waals surface area (Å²) in [6, 6.07) is 6.86. The van der Waals surface area contributed by atoms with Gasteiger partial charge in [0.1, 0.15) is 0 Å². The number of benzene rings is 1. The molecular weight excluding hydrogens is 252 g/mol. The number of amides is 1. The molecule has 100 valence electrons. The molecule has 0 aliphatic carbocycles. The summed E-state index contributed by atoms with van der Waals surface area (Å²) in [6.45, 7) is 2.92. The van der Waals surface area contributed by atoms with Gasteiger partial charge in [0.05, 0.1) is 5.56 Å². The summed E-state index contributed by atoms with van der Waals surface area (Å²) in [5.74, 6) is -0.280. The summed E-state index contributed by atoms with van der Waals surface area (Å²) in [6.07, 6.45) is 0.866. The third-order valence-corrected chi connectivity index (χ3v) is 2.44. The summed E-state index contributed by atoms with van der Waals surface area (Å²) < 4.78 is 0. The lowest BCUT2D eigenvalue weighted by atomic mass is 10.0. The molecule has 18 heavy (non-hydrogen) atoms. The SMILES string of the molecule is CNCCCNC(=O)c1ccccc1C(C)=O.Cl. The number of hydrogen-bond acceptors (Lipinski definition) is 3. The van der Waals surface area contributed by atoms with E-state index in [0.29, 0.717) is 17.7 Å². The first-order chi connectivity index (χ1) is 8.16. The van der Waals surface area contributed by atoms with Crippen LogP contribution in [0.1, 0.15) is 34.1 Å². The van der Waals surface area contributed by atoms with Crippen LogP contribution in [0.15, 0.2) is 24.3 Å². The molecule has 0 aromatic heterocycles. The number of rotatable bonds is 6. The monoisotopic (exact) mass is 270 g/mol. The molecule has 0 spiro atoms. The summed E-state index contributed by atoms with van der Waals surface area (Å²) in [7, 11) is 1.87. The number of Topliss-reactive ketones (excluding diaryl/α,β-unsaturated/α-hetero) is 1. The fourth-order valence-electron chi connectivity index (χ4n) is 1.55. The fraction of sp³-hybridized carbons (Fsp3) is 0.385. The Morgan fingerprint density at radius 3 is 2.28 bits per heavy atom. The summed E-state index contributed by atoms with van der Waals surface area (Å²) >= 11 is 0. The van der Waals surface area contributed by atoms with E-state index in [4.69, 9.17) is 0 Å². The lowest BCUT2D eigenvalue weighted by Crippen LogP contribution is -2.27. The first kappa shape index (κ1) is 16.6. The lowest BCUT2D eigenvalue weighted by Gasteiger charge is -2.07. The molecule has 0 radical (unpaired) electrons. The van der Waals surface area contributed by atoms with Crippen molar-refractivity contribution in [1.82, 2.24) is 10.6 Å². The Balaban J connectivity index is 0.00000289. The number of halogens is 1. The molecule has 2 N–H and O–H groups in total. The third-order valence-electron chi connectivity index (χ3n) is 2.44. The molecule has 0 heterocycles. The quantitative estimate of drug-likeness (QED) is 0.610. The zero-order valence-corrected chi connectivity index (χ0v) is 11.5. The molecule has 4 nitrogen and oxygen atoms in total. The Morgan fingerprint density at radius 1 is 1.11 bits per heavy atom. The van der Waals surface area contributed by atoms with Crippen LogP contribution in [-0.4, -0.2) is 31.8 Å². The first-order valence-electron chi connectivity index (χ1n) is 5.69. The molecule has 0 atom stereocenters. The highest BCUT2D eigenvalue weighted by molar-refractivity contribution is 6.07. The fourth-order valence-corrected chi connectivity index (χ4v) is 1.55. The molecule has 1 amide bonds. The molecule has 0 saturated carbocycles. The molecule has 1 aromatic rings. The van der Waals surface area contributed by atoms with Crippen molar-refractivity contribution < 1.29 is 9.59 Å². The van der Waals surface area contributed by atoms with Crippen molar-refractivity contribution in [3.8, 4) is 0 Å². The molecule has 5 heteroatoms.